The van der Waals surface area contributed by atoms with Crippen molar-refractivity contribution in [3.63, 3.8) is 0 Å². The van der Waals surface area contributed by atoms with Crippen LogP contribution in [0.1, 0.15) is 11.4 Å². The molecule has 0 fully saturated rings. The molecule has 1 aromatic heterocycles. The van der Waals surface area contributed by atoms with Crippen molar-refractivity contribution < 1.29 is 4.79 Å². The minimum Gasteiger partial charge on any atom is -0.302 e. The molecule has 0 saturated carbocycles. The number of carbonyl (C=O) groups excluding carboxylic acids is 1. The van der Waals surface area contributed by atoms with Gasteiger partial charge in [0.2, 0.25) is 5.91 Å². The maximum absolute atomic E-state index is 13.7. The lowest BCUT2D eigenvalue weighted by Crippen LogP contribution is -2.48. The van der Waals surface area contributed by atoms with Crippen LogP contribution in [0.4, 0.5) is 5.69 Å². The number of hydrogen-bond acceptors (Lipinski definition) is 5. The average Bonchev–Trinajstić information content (AvgIpc) is 3.33. The molecule has 0 saturated heterocycles. The van der Waals surface area contributed by atoms with Crippen molar-refractivity contribution in [3.05, 3.63) is 120 Å². The van der Waals surface area contributed by atoms with Gasteiger partial charge in [-0.2, -0.15) is 0 Å². The normalized spacial score (nSPS) is 17.9. The molecule has 0 N–H and O–H groups in total. The van der Waals surface area contributed by atoms with Crippen molar-refractivity contribution in [1.29, 1.82) is 0 Å². The largest absolute Gasteiger partial charge is 0.302 e. The predicted octanol–water partition coefficient (Wildman–Crippen LogP) is 6.61. The molecule has 184 valence electrons. The van der Waals surface area contributed by atoms with Gasteiger partial charge in [0.1, 0.15) is 5.82 Å². The highest BCUT2D eigenvalue weighted by Gasteiger charge is 2.36. The molecule has 5 nitrogen and oxygen atoms in total. The summed E-state index contributed by atoms with van der Waals surface area (Å²) in [5.41, 5.74) is 3.02. The van der Waals surface area contributed by atoms with Crippen LogP contribution in [0, 0.1) is 0 Å². The van der Waals surface area contributed by atoms with E-state index in [2.05, 4.69) is 46.6 Å². The summed E-state index contributed by atoms with van der Waals surface area (Å²) in [5, 5.41) is 10.5. The number of halogens is 1. The lowest BCUT2D eigenvalue weighted by molar-refractivity contribution is -0.116. The molecule has 2 aliphatic rings. The second-order valence-corrected chi connectivity index (χ2v) is 11.3. The van der Waals surface area contributed by atoms with E-state index >= 15 is 0 Å². The molecule has 2 atom stereocenters. The van der Waals surface area contributed by atoms with Crippen molar-refractivity contribution in [2.45, 2.75) is 27.8 Å². The van der Waals surface area contributed by atoms with Gasteiger partial charge in [0, 0.05) is 22.0 Å². The number of rotatable bonds is 6. The Morgan fingerprint density at radius 3 is 2.51 bits per heavy atom. The molecule has 0 unspecified atom stereocenters. The number of nitrogens with zero attached hydrogens (tertiary/aromatic N) is 4. The first-order valence-corrected chi connectivity index (χ1v) is 14.2. The van der Waals surface area contributed by atoms with E-state index in [1.807, 2.05) is 76.2 Å². The zero-order chi connectivity index (χ0) is 25.2. The minimum absolute atomic E-state index is 0.0132. The van der Waals surface area contributed by atoms with E-state index in [9.17, 15) is 4.79 Å². The first-order chi connectivity index (χ1) is 18.2. The van der Waals surface area contributed by atoms with Gasteiger partial charge in [-0.05, 0) is 42.0 Å². The summed E-state index contributed by atoms with van der Waals surface area (Å²) in [6, 6.07) is 25.9. The molecule has 0 spiro atoms. The zero-order valence-electron chi connectivity index (χ0n) is 19.8. The number of allylic oxidation sites excluding steroid dienone is 2. The summed E-state index contributed by atoms with van der Waals surface area (Å²) >= 11 is 9.38. The first kappa shape index (κ1) is 24.1. The monoisotopic (exact) mass is 542 g/mol. The van der Waals surface area contributed by atoms with Crippen LogP contribution in [-0.4, -0.2) is 37.7 Å². The Morgan fingerprint density at radius 1 is 0.919 bits per heavy atom. The smallest absolute Gasteiger partial charge is 0.238 e. The highest BCUT2D eigenvalue weighted by Crippen LogP contribution is 2.43. The highest BCUT2D eigenvalue weighted by atomic mass is 35.5. The summed E-state index contributed by atoms with van der Waals surface area (Å²) in [6.45, 7) is 0. The average molecular weight is 543 g/mol. The van der Waals surface area contributed by atoms with Gasteiger partial charge in [-0.3, -0.25) is 9.36 Å². The summed E-state index contributed by atoms with van der Waals surface area (Å²) in [5.74, 6) is 1.10. The van der Waals surface area contributed by atoms with Crippen molar-refractivity contribution >= 4 is 46.7 Å². The number of hydrogen-bond donors (Lipinski definition) is 0. The van der Waals surface area contributed by atoms with Crippen LogP contribution < -0.4 is 4.90 Å². The van der Waals surface area contributed by atoms with E-state index in [-0.39, 0.29) is 23.0 Å². The van der Waals surface area contributed by atoms with Gasteiger partial charge in [0.05, 0.1) is 22.7 Å². The van der Waals surface area contributed by atoms with Gasteiger partial charge in [0.15, 0.2) is 5.16 Å². The number of benzene rings is 3. The number of anilines is 1. The van der Waals surface area contributed by atoms with Gasteiger partial charge in [-0.1, -0.05) is 90.1 Å². The van der Waals surface area contributed by atoms with Crippen molar-refractivity contribution in [3.8, 4) is 5.69 Å². The van der Waals surface area contributed by atoms with Crippen LogP contribution >= 0.6 is 35.1 Å². The van der Waals surface area contributed by atoms with Crippen LogP contribution in [0.25, 0.3) is 5.69 Å². The maximum atomic E-state index is 13.7. The Bertz CT molecular complexity index is 1480. The number of aromatic nitrogens is 3. The molecule has 1 aliphatic heterocycles. The molecular formula is C29H23ClN4OS2. The lowest BCUT2D eigenvalue weighted by Gasteiger charge is -2.40. The third kappa shape index (κ3) is 4.99. The minimum atomic E-state index is -0.0132. The van der Waals surface area contributed by atoms with Gasteiger partial charge in [-0.15, -0.1) is 22.0 Å². The third-order valence-corrected chi connectivity index (χ3v) is 8.80. The Morgan fingerprint density at radius 2 is 1.68 bits per heavy atom. The van der Waals surface area contributed by atoms with E-state index in [0.717, 1.165) is 27.7 Å². The van der Waals surface area contributed by atoms with Crippen LogP contribution in [-0.2, 0) is 11.2 Å². The summed E-state index contributed by atoms with van der Waals surface area (Å²) in [6.07, 6.45) is 9.00. The SMILES string of the molecule is O=C(CSc1nnc(Cc2ccccc2)n1-c1ccc(Cl)cc1)N1c2ccccc2S[C@@H]2C=CC=C[C@@H]21. The zero-order valence-corrected chi connectivity index (χ0v) is 22.2. The van der Waals surface area contributed by atoms with Gasteiger partial charge in [-0.25, -0.2) is 0 Å². The third-order valence-electron chi connectivity index (χ3n) is 6.33. The summed E-state index contributed by atoms with van der Waals surface area (Å²) in [7, 11) is 0. The Labute approximate surface area is 229 Å². The molecule has 0 radical (unpaired) electrons. The second-order valence-electron chi connectivity index (χ2n) is 8.74. The quantitative estimate of drug-likeness (QED) is 0.257. The van der Waals surface area contributed by atoms with E-state index < -0.39 is 0 Å². The Balaban J connectivity index is 1.29. The van der Waals surface area contributed by atoms with Crippen molar-refractivity contribution in [1.82, 2.24) is 14.8 Å². The fourth-order valence-corrected chi connectivity index (χ4v) is 6.83. The number of fused-ring (bicyclic) bond motifs is 2. The number of para-hydroxylation sites is 1. The van der Waals surface area contributed by atoms with E-state index in [0.29, 0.717) is 16.6 Å². The Kier molecular flexibility index (Phi) is 6.91. The van der Waals surface area contributed by atoms with Crippen LogP contribution in [0.3, 0.4) is 0 Å². The van der Waals surface area contributed by atoms with Gasteiger partial charge in [0.25, 0.3) is 0 Å². The molecule has 1 amide bonds. The predicted molar refractivity (Wildman–Crippen MR) is 152 cm³/mol. The molecule has 1 aliphatic carbocycles. The lowest BCUT2D eigenvalue weighted by atomic mass is 10.0. The van der Waals surface area contributed by atoms with Crippen LogP contribution in [0.5, 0.6) is 0 Å². The topological polar surface area (TPSA) is 51.0 Å². The fraction of sp³-hybridized carbons (Fsp3) is 0.138. The van der Waals surface area contributed by atoms with Crippen LogP contribution in [0.15, 0.2) is 113 Å². The standard InChI is InChI=1S/C29H23ClN4OS2/c30-21-14-16-22(17-15-21)33-27(18-20-8-2-1-3-9-20)31-32-29(33)36-19-28(35)34-23-10-4-6-12-25(23)37-26-13-7-5-11-24(26)34/h1-17,23,25H,18-19H2/t23-,25+/m0/s1. The Hall–Kier alpha value is -3.26. The molecule has 2 heterocycles. The van der Waals surface area contributed by atoms with E-state index in [1.54, 1.807) is 11.8 Å². The molecule has 8 heteroatoms. The number of thioether (sulfide) groups is 2. The van der Waals surface area contributed by atoms with Gasteiger partial charge < -0.3 is 4.90 Å². The van der Waals surface area contributed by atoms with Crippen molar-refractivity contribution in [2.75, 3.05) is 10.7 Å². The van der Waals surface area contributed by atoms with Crippen molar-refractivity contribution in [2.24, 2.45) is 0 Å². The van der Waals surface area contributed by atoms with E-state index in [1.165, 1.54) is 11.8 Å². The number of amides is 1. The molecule has 3 aromatic carbocycles. The highest BCUT2D eigenvalue weighted by molar-refractivity contribution is 8.00. The molecular weight excluding hydrogens is 520 g/mol. The second kappa shape index (κ2) is 10.6. The molecule has 4 aromatic rings. The molecule has 0 bridgehead atoms. The van der Waals surface area contributed by atoms with Crippen LogP contribution in [0.2, 0.25) is 5.02 Å². The number of carbonyl (C=O) groups is 1. The fourth-order valence-electron chi connectivity index (χ4n) is 4.61. The first-order valence-electron chi connectivity index (χ1n) is 12.0. The molecule has 6 rings (SSSR count). The summed E-state index contributed by atoms with van der Waals surface area (Å²) < 4.78 is 2.02. The maximum Gasteiger partial charge on any atom is 0.238 e. The summed E-state index contributed by atoms with van der Waals surface area (Å²) in [4.78, 5) is 16.8. The molecule has 37 heavy (non-hydrogen) atoms. The van der Waals surface area contributed by atoms with Gasteiger partial charge >= 0.3 is 0 Å². The van der Waals surface area contributed by atoms with E-state index in [4.69, 9.17) is 11.6 Å².